The lowest BCUT2D eigenvalue weighted by atomic mass is 10.0. The zero-order valence-electron chi connectivity index (χ0n) is 9.59. The van der Waals surface area contributed by atoms with E-state index in [1.54, 1.807) is 19.2 Å². The van der Waals surface area contributed by atoms with E-state index in [1.807, 2.05) is 0 Å². The Hall–Kier alpha value is -1.95. The number of halogens is 1. The topological polar surface area (TPSA) is 66.0 Å². The highest BCUT2D eigenvalue weighted by molar-refractivity contribution is 5.40. The zero-order chi connectivity index (χ0) is 12.4. The van der Waals surface area contributed by atoms with Crippen molar-refractivity contribution in [3.05, 3.63) is 41.5 Å². The number of ether oxygens (including phenoxy) is 1. The number of aryl methyl sites for hydroxylation is 1. The van der Waals surface area contributed by atoms with E-state index in [1.165, 1.54) is 24.1 Å². The molecule has 0 aliphatic heterocycles. The molecule has 0 fully saturated rings. The van der Waals surface area contributed by atoms with Crippen LogP contribution in [0.25, 0.3) is 0 Å². The Labute approximate surface area is 98.0 Å². The van der Waals surface area contributed by atoms with Gasteiger partial charge in [-0.1, -0.05) is 11.3 Å². The molecule has 1 unspecified atom stereocenters. The predicted octanol–water partition coefficient (Wildman–Crippen LogP) is 1.01. The van der Waals surface area contributed by atoms with E-state index in [4.69, 9.17) is 10.5 Å². The van der Waals surface area contributed by atoms with Gasteiger partial charge < -0.3 is 10.5 Å². The predicted molar refractivity (Wildman–Crippen MR) is 60.0 cm³/mol. The Morgan fingerprint density at radius 3 is 2.82 bits per heavy atom. The van der Waals surface area contributed by atoms with Crippen LogP contribution in [0.4, 0.5) is 4.39 Å². The van der Waals surface area contributed by atoms with E-state index in [9.17, 15) is 4.39 Å². The molecule has 0 spiro atoms. The molecule has 0 saturated carbocycles. The van der Waals surface area contributed by atoms with Crippen molar-refractivity contribution < 1.29 is 9.13 Å². The molecule has 1 atom stereocenters. The second kappa shape index (κ2) is 4.50. The van der Waals surface area contributed by atoms with E-state index >= 15 is 0 Å². The molecule has 1 aromatic heterocycles. The van der Waals surface area contributed by atoms with Crippen LogP contribution in [0.3, 0.4) is 0 Å². The molecule has 1 heterocycles. The van der Waals surface area contributed by atoms with Crippen molar-refractivity contribution in [2.45, 2.75) is 6.04 Å². The summed E-state index contributed by atoms with van der Waals surface area (Å²) in [6, 6.07) is 3.93. The summed E-state index contributed by atoms with van der Waals surface area (Å²) in [5.41, 5.74) is 6.94. The summed E-state index contributed by atoms with van der Waals surface area (Å²) in [6.07, 6.45) is 1.51. The molecule has 2 N–H and O–H groups in total. The Morgan fingerprint density at radius 2 is 2.24 bits per heavy atom. The van der Waals surface area contributed by atoms with E-state index < -0.39 is 11.9 Å². The van der Waals surface area contributed by atoms with Crippen LogP contribution >= 0.6 is 0 Å². The minimum absolute atomic E-state index is 0.306. The second-order valence-corrected chi connectivity index (χ2v) is 3.62. The van der Waals surface area contributed by atoms with Crippen molar-refractivity contribution in [2.24, 2.45) is 12.8 Å². The molecule has 6 heteroatoms. The fourth-order valence-corrected chi connectivity index (χ4v) is 1.72. The minimum Gasteiger partial charge on any atom is -0.496 e. The molecule has 0 radical (unpaired) electrons. The average Bonchev–Trinajstić information content (AvgIpc) is 2.74. The highest BCUT2D eigenvalue weighted by Gasteiger charge is 2.21. The summed E-state index contributed by atoms with van der Waals surface area (Å²) in [7, 11) is 3.18. The zero-order valence-corrected chi connectivity index (χ0v) is 9.59. The van der Waals surface area contributed by atoms with Gasteiger partial charge in [0.25, 0.3) is 0 Å². The summed E-state index contributed by atoms with van der Waals surface area (Å²) < 4.78 is 20.4. The summed E-state index contributed by atoms with van der Waals surface area (Å²) in [5.74, 6) is 0.0109. The van der Waals surface area contributed by atoms with Crippen molar-refractivity contribution in [1.29, 1.82) is 0 Å². The second-order valence-electron chi connectivity index (χ2n) is 3.62. The fourth-order valence-electron chi connectivity index (χ4n) is 1.72. The summed E-state index contributed by atoms with van der Waals surface area (Å²) in [6.45, 7) is 0. The maximum Gasteiger partial charge on any atom is 0.132 e. The van der Waals surface area contributed by atoms with Gasteiger partial charge in [0.15, 0.2) is 0 Å². The van der Waals surface area contributed by atoms with Crippen LogP contribution in [0.1, 0.15) is 17.3 Å². The Bertz CT molecular complexity index is 526. The molecular formula is C11H13FN4O. The van der Waals surface area contributed by atoms with Gasteiger partial charge in [0.05, 0.1) is 30.6 Å². The number of hydrogen-bond donors (Lipinski definition) is 1. The number of nitrogens with two attached hydrogens (primary N) is 1. The van der Waals surface area contributed by atoms with Gasteiger partial charge in [-0.2, -0.15) is 0 Å². The van der Waals surface area contributed by atoms with Gasteiger partial charge in [0, 0.05) is 7.05 Å². The first-order valence-corrected chi connectivity index (χ1v) is 5.07. The van der Waals surface area contributed by atoms with E-state index in [0.717, 1.165) is 0 Å². The normalized spacial score (nSPS) is 12.5. The molecule has 0 amide bonds. The maximum absolute atomic E-state index is 13.8. The molecule has 0 aliphatic rings. The molecular weight excluding hydrogens is 223 g/mol. The largest absolute Gasteiger partial charge is 0.496 e. The molecule has 5 nitrogen and oxygen atoms in total. The maximum atomic E-state index is 13.8. The summed E-state index contributed by atoms with van der Waals surface area (Å²) in [4.78, 5) is 0. The third kappa shape index (κ3) is 1.99. The lowest BCUT2D eigenvalue weighted by molar-refractivity contribution is 0.401. The van der Waals surface area contributed by atoms with Crippen LogP contribution in [0.2, 0.25) is 0 Å². The van der Waals surface area contributed by atoms with Gasteiger partial charge in [0.2, 0.25) is 0 Å². The smallest absolute Gasteiger partial charge is 0.132 e. The number of benzene rings is 1. The van der Waals surface area contributed by atoms with Crippen LogP contribution in [-0.2, 0) is 7.05 Å². The van der Waals surface area contributed by atoms with E-state index in [0.29, 0.717) is 17.0 Å². The van der Waals surface area contributed by atoms with Gasteiger partial charge in [0.1, 0.15) is 11.6 Å². The van der Waals surface area contributed by atoms with E-state index in [-0.39, 0.29) is 0 Å². The number of nitrogens with zero attached hydrogens (tertiary/aromatic N) is 3. The van der Waals surface area contributed by atoms with Crippen molar-refractivity contribution in [1.82, 2.24) is 15.0 Å². The molecule has 0 bridgehead atoms. The Morgan fingerprint density at radius 1 is 1.47 bits per heavy atom. The number of methoxy groups -OCH3 is 1. The highest BCUT2D eigenvalue weighted by atomic mass is 19.1. The van der Waals surface area contributed by atoms with Gasteiger partial charge in [-0.25, -0.2) is 4.39 Å². The number of rotatable bonds is 3. The first-order chi connectivity index (χ1) is 8.15. The minimum atomic E-state index is -0.661. The monoisotopic (exact) mass is 236 g/mol. The van der Waals surface area contributed by atoms with Crippen molar-refractivity contribution in [3.8, 4) is 5.75 Å². The standard InChI is InChI=1S/C11H13FN4O/c1-16-8(6-14-15-16)11(13)10-7(12)4-3-5-9(10)17-2/h3-6,11H,13H2,1-2H3. The SMILES string of the molecule is COc1cccc(F)c1C(N)c1cnnn1C. The first kappa shape index (κ1) is 11.5. The van der Waals surface area contributed by atoms with Crippen LogP contribution in [0.15, 0.2) is 24.4 Å². The Balaban J connectivity index is 2.50. The Kier molecular flexibility index (Phi) is 3.06. The first-order valence-electron chi connectivity index (χ1n) is 5.07. The van der Waals surface area contributed by atoms with Gasteiger partial charge in [-0.15, -0.1) is 5.10 Å². The molecule has 1 aromatic carbocycles. The molecule has 17 heavy (non-hydrogen) atoms. The molecule has 2 rings (SSSR count). The van der Waals surface area contributed by atoms with Crippen LogP contribution in [0.5, 0.6) is 5.75 Å². The van der Waals surface area contributed by atoms with Crippen LogP contribution < -0.4 is 10.5 Å². The number of aromatic nitrogens is 3. The van der Waals surface area contributed by atoms with E-state index in [2.05, 4.69) is 10.3 Å². The fraction of sp³-hybridized carbons (Fsp3) is 0.273. The lowest BCUT2D eigenvalue weighted by Crippen LogP contribution is -2.18. The van der Waals surface area contributed by atoms with Gasteiger partial charge >= 0.3 is 0 Å². The van der Waals surface area contributed by atoms with Crippen molar-refractivity contribution >= 4 is 0 Å². The molecule has 0 aliphatic carbocycles. The average molecular weight is 236 g/mol. The third-order valence-electron chi connectivity index (χ3n) is 2.61. The van der Waals surface area contributed by atoms with Crippen LogP contribution in [0, 0.1) is 5.82 Å². The van der Waals surface area contributed by atoms with Gasteiger partial charge in [-0.3, -0.25) is 4.68 Å². The van der Waals surface area contributed by atoms with Crippen molar-refractivity contribution in [2.75, 3.05) is 7.11 Å². The highest BCUT2D eigenvalue weighted by Crippen LogP contribution is 2.29. The molecule has 0 saturated heterocycles. The molecule has 2 aromatic rings. The summed E-state index contributed by atoms with van der Waals surface area (Å²) >= 11 is 0. The quantitative estimate of drug-likeness (QED) is 0.863. The molecule has 90 valence electrons. The third-order valence-corrected chi connectivity index (χ3v) is 2.61. The summed E-state index contributed by atoms with van der Waals surface area (Å²) in [5, 5.41) is 7.49. The van der Waals surface area contributed by atoms with Crippen molar-refractivity contribution in [3.63, 3.8) is 0 Å². The van der Waals surface area contributed by atoms with Gasteiger partial charge in [-0.05, 0) is 12.1 Å². The number of hydrogen-bond acceptors (Lipinski definition) is 4. The lowest BCUT2D eigenvalue weighted by Gasteiger charge is -2.16. The van der Waals surface area contributed by atoms with Crippen LogP contribution in [-0.4, -0.2) is 22.1 Å².